The van der Waals surface area contributed by atoms with E-state index in [1.54, 1.807) is 11.0 Å². The van der Waals surface area contributed by atoms with Crippen molar-refractivity contribution in [3.63, 3.8) is 0 Å². The zero-order valence-electron chi connectivity index (χ0n) is 10.9. The number of hydrogen-bond acceptors (Lipinski definition) is 2. The lowest BCUT2D eigenvalue weighted by atomic mass is 9.82. The molecule has 0 saturated heterocycles. The lowest BCUT2D eigenvalue weighted by molar-refractivity contribution is -0.145. The molecule has 2 N–H and O–H groups in total. The molecular weight excluding hydrogens is 232 g/mol. The number of hydrogen-bond donors (Lipinski definition) is 2. The maximum atomic E-state index is 12.0. The maximum absolute atomic E-state index is 12.0. The summed E-state index contributed by atoms with van der Waals surface area (Å²) in [5.74, 6) is -0.926. The van der Waals surface area contributed by atoms with E-state index in [9.17, 15) is 14.7 Å². The highest BCUT2D eigenvalue weighted by molar-refractivity contribution is 5.86. The quantitative estimate of drug-likeness (QED) is 0.737. The number of nitrogens with one attached hydrogen (secondary N) is 1. The Kier molecular flexibility index (Phi) is 5.19. The molecule has 0 bridgehead atoms. The molecule has 0 aliphatic heterocycles. The summed E-state index contributed by atoms with van der Waals surface area (Å²) in [7, 11) is 0. The van der Waals surface area contributed by atoms with Gasteiger partial charge in [-0.05, 0) is 19.8 Å². The Balaban J connectivity index is 2.74. The molecule has 1 fully saturated rings. The monoisotopic (exact) mass is 254 g/mol. The first-order valence-electron chi connectivity index (χ1n) is 6.47. The smallest absolute Gasteiger partial charge is 0.329 e. The summed E-state index contributed by atoms with van der Waals surface area (Å²) in [5, 5.41) is 12.1. The largest absolute Gasteiger partial charge is 0.480 e. The molecule has 18 heavy (non-hydrogen) atoms. The second-order valence-electron chi connectivity index (χ2n) is 4.71. The van der Waals surface area contributed by atoms with Gasteiger partial charge >= 0.3 is 12.0 Å². The second-order valence-corrected chi connectivity index (χ2v) is 4.71. The fraction of sp³-hybridized carbons (Fsp3) is 0.692. The summed E-state index contributed by atoms with van der Waals surface area (Å²) in [6, 6.07) is -0.318. The Labute approximate surface area is 108 Å². The summed E-state index contributed by atoms with van der Waals surface area (Å²) in [6.45, 7) is 6.41. The Morgan fingerprint density at radius 3 is 2.44 bits per heavy atom. The van der Waals surface area contributed by atoms with Gasteiger partial charge in [-0.3, -0.25) is 0 Å². The van der Waals surface area contributed by atoms with Crippen LogP contribution in [0.1, 0.15) is 39.0 Å². The first-order chi connectivity index (χ1) is 8.55. The van der Waals surface area contributed by atoms with Gasteiger partial charge in [-0.2, -0.15) is 0 Å². The fourth-order valence-corrected chi connectivity index (χ4v) is 2.34. The normalized spacial score (nSPS) is 17.8. The first-order valence-corrected chi connectivity index (χ1v) is 6.47. The molecule has 102 valence electrons. The zero-order chi connectivity index (χ0) is 13.6. The third-order valence-corrected chi connectivity index (χ3v) is 3.48. The van der Waals surface area contributed by atoms with Crippen molar-refractivity contribution in [2.24, 2.45) is 0 Å². The standard InChI is InChI=1S/C13H22N2O3/c1-3-10-15(4-2)12(18)14-13(11(16)17)8-6-5-7-9-13/h3H,1,4-10H2,2H3,(H,14,18)(H,16,17). The van der Waals surface area contributed by atoms with Gasteiger partial charge in [0.1, 0.15) is 5.54 Å². The van der Waals surface area contributed by atoms with Crippen molar-refractivity contribution >= 4 is 12.0 Å². The van der Waals surface area contributed by atoms with Crippen LogP contribution in [-0.4, -0.2) is 40.6 Å². The van der Waals surface area contributed by atoms with Crippen molar-refractivity contribution in [2.45, 2.75) is 44.6 Å². The Morgan fingerprint density at radius 2 is 2.00 bits per heavy atom. The molecule has 5 heteroatoms. The third-order valence-electron chi connectivity index (χ3n) is 3.48. The van der Waals surface area contributed by atoms with Crippen LogP contribution < -0.4 is 5.32 Å². The minimum Gasteiger partial charge on any atom is -0.480 e. The third kappa shape index (κ3) is 3.24. The molecule has 0 aromatic carbocycles. The van der Waals surface area contributed by atoms with Gasteiger partial charge in [0.2, 0.25) is 0 Å². The molecule has 0 atom stereocenters. The van der Waals surface area contributed by atoms with Crippen molar-refractivity contribution in [2.75, 3.05) is 13.1 Å². The SMILES string of the molecule is C=CCN(CC)C(=O)NC1(C(=O)O)CCCCC1. The minimum absolute atomic E-state index is 0.318. The number of amides is 2. The van der Waals surface area contributed by atoms with E-state index in [0.717, 1.165) is 19.3 Å². The lowest BCUT2D eigenvalue weighted by Gasteiger charge is -2.35. The van der Waals surface area contributed by atoms with Gasteiger partial charge in [0.25, 0.3) is 0 Å². The van der Waals surface area contributed by atoms with Crippen LogP contribution >= 0.6 is 0 Å². The van der Waals surface area contributed by atoms with Crippen LogP contribution in [0.4, 0.5) is 4.79 Å². The van der Waals surface area contributed by atoms with Crippen molar-refractivity contribution in [1.29, 1.82) is 0 Å². The molecule has 0 heterocycles. The van der Waals surface area contributed by atoms with Crippen LogP contribution in [0.5, 0.6) is 0 Å². The molecule has 1 aliphatic rings. The molecule has 5 nitrogen and oxygen atoms in total. The molecule has 0 radical (unpaired) electrons. The van der Waals surface area contributed by atoms with E-state index >= 15 is 0 Å². The Morgan fingerprint density at radius 1 is 1.39 bits per heavy atom. The van der Waals surface area contributed by atoms with Gasteiger partial charge in [0.05, 0.1) is 0 Å². The number of likely N-dealkylation sites (N-methyl/N-ethyl adjacent to an activating group) is 1. The van der Waals surface area contributed by atoms with Gasteiger partial charge in [-0.25, -0.2) is 9.59 Å². The molecule has 1 rings (SSSR count). The van der Waals surface area contributed by atoms with Crippen LogP contribution in [-0.2, 0) is 4.79 Å². The van der Waals surface area contributed by atoms with E-state index in [4.69, 9.17) is 0 Å². The number of carboxylic acids is 1. The Bertz CT molecular complexity index is 322. The molecule has 0 spiro atoms. The number of rotatable bonds is 5. The van der Waals surface area contributed by atoms with E-state index in [-0.39, 0.29) is 6.03 Å². The number of carbonyl (C=O) groups is 2. The van der Waals surface area contributed by atoms with Gasteiger partial charge in [-0.15, -0.1) is 6.58 Å². The predicted octanol–water partition coefficient (Wildman–Crippen LogP) is 1.99. The highest BCUT2D eigenvalue weighted by Crippen LogP contribution is 2.28. The minimum atomic E-state index is -1.08. The number of urea groups is 1. The van der Waals surface area contributed by atoms with Crippen LogP contribution in [0, 0.1) is 0 Å². The van der Waals surface area contributed by atoms with Gasteiger partial charge in [-0.1, -0.05) is 25.3 Å². The lowest BCUT2D eigenvalue weighted by Crippen LogP contribution is -2.58. The zero-order valence-corrected chi connectivity index (χ0v) is 10.9. The van der Waals surface area contributed by atoms with Crippen molar-refractivity contribution in [3.05, 3.63) is 12.7 Å². The van der Waals surface area contributed by atoms with Crippen LogP contribution in [0.15, 0.2) is 12.7 Å². The van der Waals surface area contributed by atoms with E-state index in [1.165, 1.54) is 0 Å². The van der Waals surface area contributed by atoms with E-state index < -0.39 is 11.5 Å². The summed E-state index contributed by atoms with van der Waals surface area (Å²) in [4.78, 5) is 25.0. The van der Waals surface area contributed by atoms with Crippen molar-refractivity contribution in [1.82, 2.24) is 10.2 Å². The topological polar surface area (TPSA) is 69.6 Å². The molecule has 1 aliphatic carbocycles. The average Bonchev–Trinajstić information content (AvgIpc) is 2.36. The van der Waals surface area contributed by atoms with Crippen molar-refractivity contribution in [3.8, 4) is 0 Å². The van der Waals surface area contributed by atoms with E-state index in [0.29, 0.717) is 25.9 Å². The summed E-state index contributed by atoms with van der Waals surface area (Å²) in [5.41, 5.74) is -1.08. The molecule has 0 aromatic heterocycles. The number of aliphatic carboxylic acids is 1. The maximum Gasteiger partial charge on any atom is 0.329 e. The first kappa shape index (κ1) is 14.5. The number of carbonyl (C=O) groups excluding carboxylic acids is 1. The Hall–Kier alpha value is -1.52. The van der Waals surface area contributed by atoms with Gasteiger partial charge in [0, 0.05) is 13.1 Å². The predicted molar refractivity (Wildman–Crippen MR) is 69.4 cm³/mol. The molecule has 2 amide bonds. The van der Waals surface area contributed by atoms with E-state index in [1.807, 2.05) is 6.92 Å². The van der Waals surface area contributed by atoms with Crippen LogP contribution in [0.25, 0.3) is 0 Å². The molecular formula is C13H22N2O3. The van der Waals surface area contributed by atoms with Gasteiger partial charge < -0.3 is 15.3 Å². The second kappa shape index (κ2) is 6.42. The highest BCUT2D eigenvalue weighted by atomic mass is 16.4. The molecule has 0 aromatic rings. The van der Waals surface area contributed by atoms with E-state index in [2.05, 4.69) is 11.9 Å². The van der Waals surface area contributed by atoms with Crippen LogP contribution in [0.2, 0.25) is 0 Å². The average molecular weight is 254 g/mol. The summed E-state index contributed by atoms with van der Waals surface area (Å²) < 4.78 is 0. The summed E-state index contributed by atoms with van der Waals surface area (Å²) >= 11 is 0. The van der Waals surface area contributed by atoms with Crippen LogP contribution in [0.3, 0.4) is 0 Å². The van der Waals surface area contributed by atoms with Gasteiger partial charge in [0.15, 0.2) is 0 Å². The van der Waals surface area contributed by atoms with Crippen molar-refractivity contribution < 1.29 is 14.7 Å². The number of carboxylic acid groups (broad SMARTS) is 1. The highest BCUT2D eigenvalue weighted by Gasteiger charge is 2.41. The molecule has 1 saturated carbocycles. The summed E-state index contributed by atoms with van der Waals surface area (Å²) in [6.07, 6.45) is 5.40. The number of nitrogens with zero attached hydrogens (tertiary/aromatic N) is 1. The molecule has 0 unspecified atom stereocenters. The fourth-order valence-electron chi connectivity index (χ4n) is 2.34.